The average Bonchev–Trinajstić information content (AvgIpc) is 1.65. The van der Waals surface area contributed by atoms with Crippen LogP contribution in [0.2, 0.25) is 0 Å². The van der Waals surface area contributed by atoms with Crippen LogP contribution in [0, 0.1) is 0 Å². The molecule has 0 heterocycles. The van der Waals surface area contributed by atoms with Gasteiger partial charge in [0.2, 0.25) is 5.60 Å². The van der Waals surface area contributed by atoms with Crippen molar-refractivity contribution in [3.05, 3.63) is 160 Å². The fraction of sp³-hybridized carbons (Fsp3) is 0.389. The Labute approximate surface area is 636 Å². The second-order valence-corrected chi connectivity index (χ2v) is 28.4. The third kappa shape index (κ3) is 26.7. The minimum atomic E-state index is -0.810. The van der Waals surface area contributed by atoms with Crippen LogP contribution in [0.5, 0.6) is 80.5 Å². The lowest BCUT2D eigenvalue weighted by molar-refractivity contribution is -0.151. The first-order valence-electron chi connectivity index (χ1n) is 30.7. The van der Waals surface area contributed by atoms with Crippen molar-refractivity contribution in [3.63, 3.8) is 0 Å². The van der Waals surface area contributed by atoms with Gasteiger partial charge >= 0.3 is 11.9 Å². The average molecular weight is 1830 g/mol. The molecule has 7 aromatic carbocycles. The van der Waals surface area contributed by atoms with Crippen LogP contribution in [0.4, 0.5) is 4.39 Å². The lowest BCUT2D eigenvalue weighted by Gasteiger charge is -2.18. The third-order valence-corrected chi connectivity index (χ3v) is 18.5. The smallest absolute Gasteiger partial charge is 0.350 e. The lowest BCUT2D eigenvalue weighted by atomic mass is 10.2. The van der Waals surface area contributed by atoms with Gasteiger partial charge in [-0.1, -0.05) is 131 Å². The zero-order valence-electron chi connectivity index (χ0n) is 56.4. The van der Waals surface area contributed by atoms with Crippen molar-refractivity contribution in [2.75, 3.05) is 82.6 Å². The number of carbonyl (C=O) groups excluding carboxylic acids is 2. The van der Waals surface area contributed by atoms with E-state index in [0.717, 1.165) is 83.3 Å². The molecule has 0 bridgehead atoms. The summed E-state index contributed by atoms with van der Waals surface area (Å²) in [6, 6.07) is 39.5. The van der Waals surface area contributed by atoms with Gasteiger partial charge in [0.15, 0.2) is 86.6 Å². The van der Waals surface area contributed by atoms with Gasteiger partial charge in [-0.05, 0) is 166 Å². The Kier molecular flexibility index (Phi) is 34.7. The van der Waals surface area contributed by atoms with Gasteiger partial charge in [-0.25, -0.2) is 14.0 Å². The van der Waals surface area contributed by atoms with Crippen LogP contribution in [0.1, 0.15) is 71.1 Å². The lowest BCUT2D eigenvalue weighted by Crippen LogP contribution is -2.30. The van der Waals surface area contributed by atoms with E-state index in [1.54, 1.807) is 108 Å². The minimum Gasteiger partial charge on any atom is -0.504 e. The van der Waals surface area contributed by atoms with Crippen molar-refractivity contribution < 1.29 is 95.6 Å². The van der Waals surface area contributed by atoms with Crippen molar-refractivity contribution in [3.8, 4) is 80.5 Å². The van der Waals surface area contributed by atoms with Crippen molar-refractivity contribution >= 4 is 123 Å². The molecule has 0 amide bonds. The Hall–Kier alpha value is -6.07. The van der Waals surface area contributed by atoms with E-state index in [9.17, 15) is 14.0 Å². The molecule has 11 rings (SSSR count). The molecule has 4 fully saturated rings. The molecule has 4 saturated carbocycles. The SMILES string of the molecule is CCC1(Oc2ccc(Br)cc2OC)CC1.COC(=O)C(CCBr)Oc1ccc(Br)cc1OC.COC(=O)C1(Oc2ccc(Br)cc2OC)CC1.COc1cc(Br)ccc1O.COc1cc(Br)ccc1OC1(CF)CC1.COc1cc(Br)ccc1OC1(CO)CC1.COc1ccccc1O. The van der Waals surface area contributed by atoms with E-state index < -0.39 is 29.9 Å². The Morgan fingerprint density at radius 3 is 1.08 bits per heavy atom. The first-order chi connectivity index (χ1) is 47.4. The van der Waals surface area contributed by atoms with Crippen molar-refractivity contribution in [1.29, 1.82) is 0 Å². The molecule has 4 aliphatic carbocycles. The molecule has 0 spiro atoms. The summed E-state index contributed by atoms with van der Waals surface area (Å²) in [4.78, 5) is 23.1. The van der Waals surface area contributed by atoms with Crippen molar-refractivity contribution in [1.82, 2.24) is 0 Å². The molecule has 540 valence electrons. The predicted octanol–water partition coefficient (Wildman–Crippen LogP) is 18.7. The Morgan fingerprint density at radius 1 is 0.424 bits per heavy atom. The normalized spacial score (nSPS) is 14.5. The maximum Gasteiger partial charge on any atom is 0.350 e. The number of hydrogen-bond donors (Lipinski definition) is 3. The van der Waals surface area contributed by atoms with Crippen LogP contribution >= 0.6 is 112 Å². The molecule has 0 saturated heterocycles. The summed E-state index contributed by atoms with van der Waals surface area (Å²) in [6.45, 7) is 1.79. The summed E-state index contributed by atoms with van der Waals surface area (Å²) in [5.41, 5.74) is -1.67. The van der Waals surface area contributed by atoms with E-state index in [1.165, 1.54) is 28.4 Å². The topological polar surface area (TPSA) is 224 Å². The fourth-order valence-electron chi connectivity index (χ4n) is 8.59. The van der Waals surface area contributed by atoms with Crippen molar-refractivity contribution in [2.45, 2.75) is 99.6 Å². The van der Waals surface area contributed by atoms with Crippen LogP contribution in [-0.2, 0) is 19.1 Å². The number of rotatable bonds is 24. The summed E-state index contributed by atoms with van der Waals surface area (Å²) < 4.78 is 92.0. The number of phenolic OH excluding ortho intramolecular Hbond substituents is 2. The molecule has 0 radical (unpaired) electrons. The molecule has 4 aliphatic rings. The number of methoxy groups -OCH3 is 9. The number of phenols is 2. The van der Waals surface area contributed by atoms with E-state index in [1.807, 2.05) is 60.7 Å². The molecule has 27 heteroatoms. The van der Waals surface area contributed by atoms with Gasteiger partial charge in [-0.3, -0.25) is 0 Å². The predicted molar refractivity (Wildman–Crippen MR) is 401 cm³/mol. The minimum absolute atomic E-state index is 0.0617. The number of hydrogen-bond acceptors (Lipinski definition) is 19. The summed E-state index contributed by atoms with van der Waals surface area (Å²) in [5.74, 6) is 7.07. The van der Waals surface area contributed by atoms with E-state index in [2.05, 4.69) is 118 Å². The van der Waals surface area contributed by atoms with Gasteiger partial charge in [0.1, 0.15) is 23.5 Å². The van der Waals surface area contributed by atoms with Crippen LogP contribution in [0.15, 0.2) is 160 Å². The van der Waals surface area contributed by atoms with Gasteiger partial charge in [0, 0.05) is 51.4 Å². The first-order valence-corrected chi connectivity index (χ1v) is 36.6. The van der Waals surface area contributed by atoms with Crippen LogP contribution < -0.4 is 56.8 Å². The number of carbonyl (C=O) groups is 2. The Bertz CT molecular complexity index is 3510. The van der Waals surface area contributed by atoms with Gasteiger partial charge in [-0.2, -0.15) is 0 Å². The molecule has 1 unspecified atom stereocenters. The highest BCUT2D eigenvalue weighted by Gasteiger charge is 2.55. The molecule has 7 aromatic rings. The second kappa shape index (κ2) is 41.1. The quantitative estimate of drug-likeness (QED) is 0.0378. The van der Waals surface area contributed by atoms with Crippen molar-refractivity contribution in [2.24, 2.45) is 0 Å². The van der Waals surface area contributed by atoms with Gasteiger partial charge in [0.25, 0.3) is 0 Å². The first kappa shape index (κ1) is 83.6. The van der Waals surface area contributed by atoms with E-state index in [4.69, 9.17) is 81.6 Å². The molecule has 99 heavy (non-hydrogen) atoms. The molecule has 19 nitrogen and oxygen atoms in total. The number of aromatic hydroxyl groups is 2. The highest BCUT2D eigenvalue weighted by Crippen LogP contribution is 2.48. The summed E-state index contributed by atoms with van der Waals surface area (Å²) in [6.07, 6.45) is 7.97. The maximum atomic E-state index is 12.7. The number of para-hydroxylation sites is 2. The second-order valence-electron chi connectivity index (χ2n) is 22.2. The van der Waals surface area contributed by atoms with Gasteiger partial charge < -0.3 is 81.6 Å². The third-order valence-electron chi connectivity index (χ3n) is 15.1. The van der Waals surface area contributed by atoms with Crippen LogP contribution in [0.25, 0.3) is 0 Å². The number of aliphatic hydroxyl groups excluding tert-OH is 1. The monoisotopic (exact) mass is 1820 g/mol. The molecular formula is C72H82Br7FO19. The van der Waals surface area contributed by atoms with Gasteiger partial charge in [0.05, 0.1) is 70.6 Å². The standard InChI is InChI=1S/C12H14Br2O4.C12H13BrO4.C12H15BrO2.C11H12BrFO2.C11H13BrO3.C7H7BrO2.C7H8O2/c1-16-11-7-8(14)3-4-9(11)18-10(5-6-13)12(15)17-2;1-15-10-7-8(13)3-4-9(10)17-12(5-6-12)11(14)16-2;1-3-12(6-7-12)15-10-5-4-9(13)8-11(10)14-2;2*1-14-10-6-8(12)2-3-9(10)15-11(7-13)4-5-11;1-10-7-4-5(8)2-3-6(7)9;1-9-7-5-3-2-4-6(7)8/h3-4,7,10H,5-6H2,1-2H3;3-4,7H,5-6H2,1-2H3;4-5,8H,3,6-7H2,1-2H3;2-3,6H,4-5,7H2,1H3;2-3,6,13H,4-5,7H2,1H3;2-4,9H,1H3;2-5,8H,1H3. The fourth-order valence-corrected chi connectivity index (χ4v) is 11.0. The molecule has 1 atom stereocenters. The van der Waals surface area contributed by atoms with Crippen LogP contribution in [0.3, 0.4) is 0 Å². The number of alkyl halides is 2. The largest absolute Gasteiger partial charge is 0.504 e. The number of aliphatic hydroxyl groups is 1. The molecular weight excluding hydrogens is 1750 g/mol. The summed E-state index contributed by atoms with van der Waals surface area (Å²) >= 11 is 23.3. The summed E-state index contributed by atoms with van der Waals surface area (Å²) in [7, 11) is 13.7. The number of halogens is 8. The van der Waals surface area contributed by atoms with E-state index >= 15 is 0 Å². The zero-order valence-corrected chi connectivity index (χ0v) is 67.5. The van der Waals surface area contributed by atoms with Gasteiger partial charge in [-0.15, -0.1) is 0 Å². The van der Waals surface area contributed by atoms with E-state index in [0.29, 0.717) is 82.1 Å². The number of ether oxygens (including phenoxy) is 14. The molecule has 3 N–H and O–H groups in total. The highest BCUT2D eigenvalue weighted by atomic mass is 79.9. The summed E-state index contributed by atoms with van der Waals surface area (Å²) in [5, 5.41) is 27.9. The highest BCUT2D eigenvalue weighted by molar-refractivity contribution is 9.11. The number of benzene rings is 7. The van der Waals surface area contributed by atoms with Crippen LogP contribution in [-0.4, -0.2) is 138 Å². The van der Waals surface area contributed by atoms with E-state index in [-0.39, 0.29) is 35.3 Å². The number of esters is 2. The molecule has 0 aromatic heterocycles. The Morgan fingerprint density at radius 2 is 0.768 bits per heavy atom. The zero-order chi connectivity index (χ0) is 72.9. The Balaban J connectivity index is 0.000000210. The molecule has 0 aliphatic heterocycles. The maximum absolute atomic E-state index is 12.7.